The topological polar surface area (TPSA) is 29.1 Å². The Balaban J connectivity index is 2.35. The molecule has 1 amide bonds. The highest BCUT2D eigenvalue weighted by molar-refractivity contribution is 7.21. The van der Waals surface area contributed by atoms with E-state index < -0.39 is 0 Å². The molecular formula is C13H14ClNOS. The van der Waals surface area contributed by atoms with E-state index in [4.69, 9.17) is 11.6 Å². The number of hydrogen-bond donors (Lipinski definition) is 1. The van der Waals surface area contributed by atoms with Crippen LogP contribution in [0.4, 0.5) is 0 Å². The van der Waals surface area contributed by atoms with Crippen molar-refractivity contribution >= 4 is 38.9 Å². The number of carbonyl (C=O) groups excluding carboxylic acids is 1. The van der Waals surface area contributed by atoms with Crippen molar-refractivity contribution in [1.82, 2.24) is 5.32 Å². The first-order chi connectivity index (χ1) is 8.13. The molecule has 2 aromatic rings. The number of nitrogens with one attached hydrogen (secondary N) is 1. The molecule has 1 aromatic heterocycles. The lowest BCUT2D eigenvalue weighted by atomic mass is 10.2. The van der Waals surface area contributed by atoms with E-state index in [0.29, 0.717) is 9.90 Å². The molecule has 0 spiro atoms. The molecule has 1 heterocycles. The molecule has 1 aromatic carbocycles. The van der Waals surface area contributed by atoms with Gasteiger partial charge in [0.2, 0.25) is 0 Å². The van der Waals surface area contributed by atoms with Crippen molar-refractivity contribution in [2.45, 2.75) is 26.3 Å². The van der Waals surface area contributed by atoms with Gasteiger partial charge in [0.15, 0.2) is 0 Å². The first-order valence-corrected chi connectivity index (χ1v) is 6.80. The van der Waals surface area contributed by atoms with E-state index in [0.717, 1.165) is 16.5 Å². The van der Waals surface area contributed by atoms with Crippen LogP contribution in [0.2, 0.25) is 5.02 Å². The molecule has 0 aliphatic heterocycles. The Morgan fingerprint density at radius 3 is 2.82 bits per heavy atom. The summed E-state index contributed by atoms with van der Waals surface area (Å²) in [7, 11) is 0. The van der Waals surface area contributed by atoms with Crippen molar-refractivity contribution in [3.05, 3.63) is 34.2 Å². The number of amides is 1. The Morgan fingerprint density at radius 2 is 2.18 bits per heavy atom. The van der Waals surface area contributed by atoms with E-state index in [1.807, 2.05) is 38.1 Å². The summed E-state index contributed by atoms with van der Waals surface area (Å²) < 4.78 is 1.05. The van der Waals surface area contributed by atoms with Crippen LogP contribution >= 0.6 is 22.9 Å². The molecule has 0 saturated heterocycles. The molecule has 4 heteroatoms. The van der Waals surface area contributed by atoms with Crippen LogP contribution in [0.15, 0.2) is 24.3 Å². The van der Waals surface area contributed by atoms with E-state index in [1.54, 1.807) is 0 Å². The summed E-state index contributed by atoms with van der Waals surface area (Å²) in [6, 6.07) is 7.96. The van der Waals surface area contributed by atoms with Crippen molar-refractivity contribution in [1.29, 1.82) is 0 Å². The highest BCUT2D eigenvalue weighted by Crippen LogP contribution is 2.34. The van der Waals surface area contributed by atoms with E-state index in [9.17, 15) is 4.79 Å². The Morgan fingerprint density at radius 1 is 1.47 bits per heavy atom. The Bertz CT molecular complexity index is 549. The smallest absolute Gasteiger partial charge is 0.263 e. The Labute approximate surface area is 110 Å². The molecule has 90 valence electrons. The van der Waals surface area contributed by atoms with Crippen LogP contribution in [0.25, 0.3) is 10.1 Å². The minimum absolute atomic E-state index is 0.0782. The van der Waals surface area contributed by atoms with Gasteiger partial charge in [0.25, 0.3) is 5.91 Å². The van der Waals surface area contributed by atoms with Gasteiger partial charge < -0.3 is 5.32 Å². The summed E-state index contributed by atoms with van der Waals surface area (Å²) in [4.78, 5) is 12.6. The number of hydrogen-bond acceptors (Lipinski definition) is 2. The third-order valence-electron chi connectivity index (χ3n) is 2.73. The molecule has 0 aliphatic rings. The van der Waals surface area contributed by atoms with Crippen molar-refractivity contribution in [2.24, 2.45) is 0 Å². The van der Waals surface area contributed by atoms with E-state index >= 15 is 0 Å². The number of thiophene rings is 1. The highest BCUT2D eigenvalue weighted by atomic mass is 35.5. The van der Waals surface area contributed by atoms with Gasteiger partial charge >= 0.3 is 0 Å². The first kappa shape index (κ1) is 12.4. The number of carbonyl (C=O) groups is 1. The van der Waals surface area contributed by atoms with Crippen LogP contribution in [-0.4, -0.2) is 11.9 Å². The molecule has 0 bridgehead atoms. The monoisotopic (exact) mass is 267 g/mol. The van der Waals surface area contributed by atoms with Crippen LogP contribution in [0.5, 0.6) is 0 Å². The van der Waals surface area contributed by atoms with Gasteiger partial charge in [-0.2, -0.15) is 0 Å². The van der Waals surface area contributed by atoms with Crippen molar-refractivity contribution < 1.29 is 4.79 Å². The summed E-state index contributed by atoms with van der Waals surface area (Å²) in [6.45, 7) is 4.02. The number of rotatable bonds is 3. The van der Waals surface area contributed by atoms with Gasteiger partial charge in [-0.15, -0.1) is 11.3 Å². The summed E-state index contributed by atoms with van der Waals surface area (Å²) in [5.74, 6) is -0.0782. The van der Waals surface area contributed by atoms with Gasteiger partial charge in [0.05, 0.1) is 5.02 Å². The van der Waals surface area contributed by atoms with Crippen LogP contribution in [-0.2, 0) is 0 Å². The second-order valence-corrected chi connectivity index (χ2v) is 5.45. The predicted octanol–water partition coefficient (Wildman–Crippen LogP) is 4.08. The second kappa shape index (κ2) is 5.07. The minimum Gasteiger partial charge on any atom is -0.349 e. The number of halogens is 1. The van der Waals surface area contributed by atoms with Gasteiger partial charge in [0, 0.05) is 16.1 Å². The fourth-order valence-corrected chi connectivity index (χ4v) is 2.97. The second-order valence-electron chi connectivity index (χ2n) is 4.02. The van der Waals surface area contributed by atoms with Crippen LogP contribution in [0.1, 0.15) is 29.9 Å². The molecule has 0 radical (unpaired) electrons. The molecule has 2 nitrogen and oxygen atoms in total. The number of benzene rings is 1. The molecule has 1 N–H and O–H groups in total. The summed E-state index contributed by atoms with van der Waals surface area (Å²) in [5, 5.41) is 4.45. The third-order valence-corrected chi connectivity index (χ3v) is 4.41. The average molecular weight is 268 g/mol. The van der Waals surface area contributed by atoms with Crippen molar-refractivity contribution in [2.75, 3.05) is 0 Å². The zero-order chi connectivity index (χ0) is 12.4. The summed E-state index contributed by atoms with van der Waals surface area (Å²) >= 11 is 7.67. The lowest BCUT2D eigenvalue weighted by Crippen LogP contribution is -2.31. The zero-order valence-electron chi connectivity index (χ0n) is 9.79. The molecule has 0 fully saturated rings. The molecule has 2 rings (SSSR count). The van der Waals surface area contributed by atoms with Crippen molar-refractivity contribution in [3.8, 4) is 0 Å². The summed E-state index contributed by atoms with van der Waals surface area (Å²) in [6.07, 6.45) is 0.911. The van der Waals surface area contributed by atoms with Crippen LogP contribution in [0.3, 0.4) is 0 Å². The standard InChI is InChI=1S/C13H14ClNOS/c1-3-8(2)15-13(16)12-11(14)9-6-4-5-7-10(9)17-12/h4-8H,3H2,1-2H3,(H,15,16)/t8-/m1/s1. The molecule has 0 unspecified atom stereocenters. The fourth-order valence-electron chi connectivity index (χ4n) is 1.55. The average Bonchev–Trinajstić information content (AvgIpc) is 2.67. The summed E-state index contributed by atoms with van der Waals surface area (Å²) in [5.41, 5.74) is 0. The van der Waals surface area contributed by atoms with E-state index in [-0.39, 0.29) is 11.9 Å². The maximum atomic E-state index is 12.0. The SMILES string of the molecule is CC[C@@H](C)NC(=O)c1sc2ccccc2c1Cl. The highest BCUT2D eigenvalue weighted by Gasteiger charge is 2.17. The van der Waals surface area contributed by atoms with E-state index in [2.05, 4.69) is 5.32 Å². The lowest BCUT2D eigenvalue weighted by molar-refractivity contribution is 0.0943. The quantitative estimate of drug-likeness (QED) is 0.892. The minimum atomic E-state index is -0.0782. The van der Waals surface area contributed by atoms with Gasteiger partial charge in [-0.25, -0.2) is 0 Å². The number of fused-ring (bicyclic) bond motifs is 1. The maximum Gasteiger partial charge on any atom is 0.263 e. The molecule has 0 aliphatic carbocycles. The Kier molecular flexibility index (Phi) is 3.69. The van der Waals surface area contributed by atoms with E-state index in [1.165, 1.54) is 11.3 Å². The molecule has 17 heavy (non-hydrogen) atoms. The normalized spacial score (nSPS) is 12.6. The largest absolute Gasteiger partial charge is 0.349 e. The predicted molar refractivity (Wildman–Crippen MR) is 74.1 cm³/mol. The zero-order valence-corrected chi connectivity index (χ0v) is 11.4. The van der Waals surface area contributed by atoms with Crippen LogP contribution in [0, 0.1) is 0 Å². The lowest BCUT2D eigenvalue weighted by Gasteiger charge is -2.10. The molecular weight excluding hydrogens is 254 g/mol. The third kappa shape index (κ3) is 2.45. The van der Waals surface area contributed by atoms with Crippen LogP contribution < -0.4 is 5.32 Å². The molecule has 1 atom stereocenters. The fraction of sp³-hybridized carbons (Fsp3) is 0.308. The molecule has 0 saturated carbocycles. The Hall–Kier alpha value is -1.06. The van der Waals surface area contributed by atoms with Gasteiger partial charge in [-0.3, -0.25) is 4.79 Å². The van der Waals surface area contributed by atoms with Gasteiger partial charge in [0.1, 0.15) is 4.88 Å². The maximum absolute atomic E-state index is 12.0. The van der Waals surface area contributed by atoms with Gasteiger partial charge in [-0.05, 0) is 19.4 Å². The van der Waals surface area contributed by atoms with Crippen molar-refractivity contribution in [3.63, 3.8) is 0 Å². The van der Waals surface area contributed by atoms with Gasteiger partial charge in [-0.1, -0.05) is 36.7 Å². The first-order valence-electron chi connectivity index (χ1n) is 5.61.